The Hall–Kier alpha value is -3.14. The number of nitrogens with one attached hydrogen (secondary N) is 1. The molecule has 1 aliphatic rings. The van der Waals surface area contributed by atoms with Crippen LogP contribution in [0.15, 0.2) is 30.6 Å². The van der Waals surface area contributed by atoms with Crippen molar-refractivity contribution in [3.63, 3.8) is 0 Å². The van der Waals surface area contributed by atoms with E-state index in [9.17, 15) is 4.79 Å². The first-order valence-electron chi connectivity index (χ1n) is 10.0. The van der Waals surface area contributed by atoms with E-state index in [4.69, 9.17) is 14.7 Å². The second kappa shape index (κ2) is 7.94. The highest BCUT2D eigenvalue weighted by Gasteiger charge is 2.64. The van der Waals surface area contributed by atoms with Crippen LogP contribution in [0.5, 0.6) is 11.5 Å². The number of carbonyl (C=O) groups excluding carboxylic acids is 1. The predicted molar refractivity (Wildman–Crippen MR) is 112 cm³/mol. The molecule has 1 aromatic carbocycles. The van der Waals surface area contributed by atoms with Crippen molar-refractivity contribution in [2.75, 3.05) is 7.11 Å². The Kier molecular flexibility index (Phi) is 5.71. The van der Waals surface area contributed by atoms with Crippen molar-refractivity contribution < 1.29 is 14.3 Å². The Bertz CT molecular complexity index is 961. The lowest BCUT2D eigenvalue weighted by Crippen LogP contribution is -2.74. The van der Waals surface area contributed by atoms with E-state index in [-0.39, 0.29) is 28.9 Å². The van der Waals surface area contributed by atoms with Crippen molar-refractivity contribution in [3.8, 4) is 17.6 Å². The van der Waals surface area contributed by atoms with Crippen LogP contribution in [-0.4, -0.2) is 35.1 Å². The molecule has 0 aliphatic heterocycles. The fourth-order valence-corrected chi connectivity index (χ4v) is 4.63. The monoisotopic (exact) mass is 408 g/mol. The fourth-order valence-electron chi connectivity index (χ4n) is 4.63. The molecule has 1 amide bonds. The normalized spacial score (nSPS) is 21.1. The van der Waals surface area contributed by atoms with E-state index in [1.165, 1.54) is 13.3 Å². The van der Waals surface area contributed by atoms with Crippen LogP contribution in [0.4, 0.5) is 0 Å². The first-order chi connectivity index (χ1) is 14.1. The van der Waals surface area contributed by atoms with E-state index in [2.05, 4.69) is 49.0 Å². The number of carbonyl (C=O) groups is 1. The highest BCUT2D eigenvalue weighted by atomic mass is 16.5. The molecule has 7 nitrogen and oxygen atoms in total. The van der Waals surface area contributed by atoms with Gasteiger partial charge in [-0.2, -0.15) is 5.26 Å². The summed E-state index contributed by atoms with van der Waals surface area (Å²) in [6.07, 6.45) is 3.78. The van der Waals surface area contributed by atoms with Gasteiger partial charge in [-0.1, -0.05) is 34.6 Å². The summed E-state index contributed by atoms with van der Waals surface area (Å²) in [4.78, 5) is 21.2. The number of benzene rings is 1. The van der Waals surface area contributed by atoms with Gasteiger partial charge in [-0.3, -0.25) is 9.78 Å². The third kappa shape index (κ3) is 3.70. The smallest absolute Gasteiger partial charge is 0.271 e. The Labute approximate surface area is 177 Å². The third-order valence-corrected chi connectivity index (χ3v) is 5.96. The van der Waals surface area contributed by atoms with Gasteiger partial charge in [-0.15, -0.1) is 0 Å². The Morgan fingerprint density at radius 1 is 1.20 bits per heavy atom. The van der Waals surface area contributed by atoms with Gasteiger partial charge in [0.15, 0.2) is 0 Å². The standard InChI is InChI=1S/C23H28N4O3/c1-7-15-12-26-17(13-25-15)19(28)27-20-22(2,3)21(23(20,4)5)30-16-9-8-14(11-24)18(10-16)29-6/h8-10,12-13,20-21H,7H2,1-6H3,(H,27,28). The molecule has 30 heavy (non-hydrogen) atoms. The average molecular weight is 409 g/mol. The van der Waals surface area contributed by atoms with E-state index < -0.39 is 0 Å². The maximum atomic E-state index is 12.7. The highest BCUT2D eigenvalue weighted by Crippen LogP contribution is 2.55. The lowest BCUT2D eigenvalue weighted by molar-refractivity contribution is -0.164. The van der Waals surface area contributed by atoms with Gasteiger partial charge >= 0.3 is 0 Å². The molecule has 1 aromatic heterocycles. The molecule has 1 aliphatic carbocycles. The predicted octanol–water partition coefficient (Wildman–Crippen LogP) is 3.53. The van der Waals surface area contributed by atoms with Crippen molar-refractivity contribution in [1.82, 2.24) is 15.3 Å². The van der Waals surface area contributed by atoms with Gasteiger partial charge in [0.25, 0.3) is 5.91 Å². The topological polar surface area (TPSA) is 97.1 Å². The van der Waals surface area contributed by atoms with Gasteiger partial charge in [0.2, 0.25) is 0 Å². The molecular weight excluding hydrogens is 380 g/mol. The van der Waals surface area contributed by atoms with Crippen molar-refractivity contribution in [2.24, 2.45) is 10.8 Å². The van der Waals surface area contributed by atoms with Crippen LogP contribution in [0.2, 0.25) is 0 Å². The summed E-state index contributed by atoms with van der Waals surface area (Å²) in [5.74, 6) is 0.862. The minimum atomic E-state index is -0.322. The highest BCUT2D eigenvalue weighted by molar-refractivity contribution is 5.92. The summed E-state index contributed by atoms with van der Waals surface area (Å²) < 4.78 is 11.6. The molecule has 7 heteroatoms. The molecule has 1 fully saturated rings. The molecule has 3 rings (SSSR count). The van der Waals surface area contributed by atoms with E-state index in [1.54, 1.807) is 24.4 Å². The first-order valence-corrected chi connectivity index (χ1v) is 10.0. The zero-order chi connectivity index (χ0) is 22.1. The lowest BCUT2D eigenvalue weighted by Gasteiger charge is -2.63. The van der Waals surface area contributed by atoms with E-state index in [0.717, 1.165) is 12.1 Å². The van der Waals surface area contributed by atoms with Crippen LogP contribution >= 0.6 is 0 Å². The number of hydrogen-bond donors (Lipinski definition) is 1. The molecular formula is C23H28N4O3. The van der Waals surface area contributed by atoms with Gasteiger partial charge < -0.3 is 14.8 Å². The summed E-state index contributed by atoms with van der Waals surface area (Å²) >= 11 is 0. The van der Waals surface area contributed by atoms with Gasteiger partial charge in [0, 0.05) is 29.1 Å². The molecule has 0 atom stereocenters. The Morgan fingerprint density at radius 2 is 1.90 bits per heavy atom. The quantitative estimate of drug-likeness (QED) is 0.785. The number of nitrogens with zero attached hydrogens (tertiary/aromatic N) is 3. The van der Waals surface area contributed by atoms with Crippen LogP contribution < -0.4 is 14.8 Å². The molecule has 1 N–H and O–H groups in total. The number of aryl methyl sites for hydroxylation is 1. The molecule has 158 valence electrons. The number of rotatable bonds is 6. The van der Waals surface area contributed by atoms with Crippen molar-refractivity contribution in [3.05, 3.63) is 47.5 Å². The summed E-state index contributed by atoms with van der Waals surface area (Å²) in [5, 5.41) is 12.3. The van der Waals surface area contributed by atoms with Gasteiger partial charge in [-0.25, -0.2) is 4.98 Å². The molecule has 0 bridgehead atoms. The Balaban J connectivity index is 1.75. The molecule has 2 aromatic rings. The van der Waals surface area contributed by atoms with E-state index in [0.29, 0.717) is 22.8 Å². The van der Waals surface area contributed by atoms with Crippen LogP contribution in [0.25, 0.3) is 0 Å². The number of hydrogen-bond acceptors (Lipinski definition) is 6. The van der Waals surface area contributed by atoms with Crippen LogP contribution in [0, 0.1) is 22.2 Å². The minimum Gasteiger partial charge on any atom is -0.495 e. The maximum Gasteiger partial charge on any atom is 0.271 e. The minimum absolute atomic E-state index is 0.115. The summed E-state index contributed by atoms with van der Waals surface area (Å²) in [6, 6.07) is 7.16. The van der Waals surface area contributed by atoms with Gasteiger partial charge in [0.1, 0.15) is 29.4 Å². The molecule has 0 radical (unpaired) electrons. The van der Waals surface area contributed by atoms with Crippen LogP contribution in [0.1, 0.15) is 56.4 Å². The molecule has 0 unspecified atom stereocenters. The number of nitriles is 1. The number of amides is 1. The second-order valence-electron chi connectivity index (χ2n) is 8.77. The second-order valence-corrected chi connectivity index (χ2v) is 8.77. The molecule has 0 spiro atoms. The number of methoxy groups -OCH3 is 1. The Morgan fingerprint density at radius 3 is 2.43 bits per heavy atom. The molecule has 1 heterocycles. The first kappa shape index (κ1) is 21.6. The summed E-state index contributed by atoms with van der Waals surface area (Å²) in [7, 11) is 1.53. The van der Waals surface area contributed by atoms with Crippen LogP contribution in [-0.2, 0) is 6.42 Å². The average Bonchev–Trinajstić information content (AvgIpc) is 2.74. The van der Waals surface area contributed by atoms with Crippen molar-refractivity contribution in [2.45, 2.75) is 53.2 Å². The lowest BCUT2D eigenvalue weighted by atomic mass is 9.49. The summed E-state index contributed by atoms with van der Waals surface area (Å²) in [5.41, 5.74) is 0.966. The largest absolute Gasteiger partial charge is 0.495 e. The fraction of sp³-hybridized carbons (Fsp3) is 0.478. The van der Waals surface area contributed by atoms with E-state index >= 15 is 0 Å². The SMILES string of the molecule is CCc1cnc(C(=O)NC2C(C)(C)C(Oc3ccc(C#N)c(OC)c3)C2(C)C)cn1. The van der Waals surface area contributed by atoms with Gasteiger partial charge in [0.05, 0.1) is 24.6 Å². The molecule has 1 saturated carbocycles. The van der Waals surface area contributed by atoms with Crippen molar-refractivity contribution >= 4 is 5.91 Å². The molecule has 0 saturated heterocycles. The number of aromatic nitrogens is 2. The third-order valence-electron chi connectivity index (χ3n) is 5.96. The van der Waals surface area contributed by atoms with Crippen LogP contribution in [0.3, 0.4) is 0 Å². The zero-order valence-corrected chi connectivity index (χ0v) is 18.3. The maximum absolute atomic E-state index is 12.7. The van der Waals surface area contributed by atoms with Crippen molar-refractivity contribution in [1.29, 1.82) is 5.26 Å². The summed E-state index contributed by atoms with van der Waals surface area (Å²) in [6.45, 7) is 10.3. The number of ether oxygens (including phenoxy) is 2. The zero-order valence-electron chi connectivity index (χ0n) is 18.3. The van der Waals surface area contributed by atoms with E-state index in [1.807, 2.05) is 6.92 Å². The van der Waals surface area contributed by atoms with Gasteiger partial charge in [-0.05, 0) is 18.6 Å².